The first-order valence-electron chi connectivity index (χ1n) is 6.87. The van der Waals surface area contributed by atoms with Gasteiger partial charge in [0, 0.05) is 11.8 Å². The summed E-state index contributed by atoms with van der Waals surface area (Å²) in [7, 11) is 0. The molecule has 18 heavy (non-hydrogen) atoms. The van der Waals surface area contributed by atoms with E-state index in [1.165, 1.54) is 31.5 Å². The topological polar surface area (TPSA) is 33.1 Å². The number of aliphatic hydroxyl groups is 1. The first-order valence-corrected chi connectivity index (χ1v) is 6.87. The molecule has 1 aromatic heterocycles. The minimum absolute atomic E-state index is 0.212. The number of rotatable bonds is 3. The molecule has 1 saturated carbocycles. The van der Waals surface area contributed by atoms with E-state index in [1.54, 1.807) is 13.1 Å². The van der Waals surface area contributed by atoms with Crippen molar-refractivity contribution in [2.24, 2.45) is 11.8 Å². The molecule has 0 spiro atoms. The summed E-state index contributed by atoms with van der Waals surface area (Å²) in [5.74, 6) is 0.626. The van der Waals surface area contributed by atoms with E-state index in [2.05, 4.69) is 11.9 Å². The zero-order valence-corrected chi connectivity index (χ0v) is 11.2. The zero-order valence-electron chi connectivity index (χ0n) is 11.2. The fraction of sp³-hybridized carbons (Fsp3) is 0.667. The summed E-state index contributed by atoms with van der Waals surface area (Å²) in [6, 6.07) is 1.40. The third-order valence-electron chi connectivity index (χ3n) is 4.51. The minimum Gasteiger partial charge on any atom is -0.385 e. The molecule has 1 aromatic rings. The lowest BCUT2D eigenvalue weighted by Gasteiger charge is -2.38. The second kappa shape index (κ2) is 5.35. The Labute approximate surface area is 108 Å². The Hall–Kier alpha value is -0.960. The van der Waals surface area contributed by atoms with Crippen molar-refractivity contribution in [3.8, 4) is 0 Å². The van der Waals surface area contributed by atoms with Crippen LogP contribution >= 0.6 is 0 Å². The highest BCUT2D eigenvalue weighted by Gasteiger charge is 2.36. The van der Waals surface area contributed by atoms with Gasteiger partial charge >= 0.3 is 0 Å². The third kappa shape index (κ3) is 2.72. The summed E-state index contributed by atoms with van der Waals surface area (Å²) in [5.41, 5.74) is -0.365. The summed E-state index contributed by atoms with van der Waals surface area (Å²) < 4.78 is 13.2. The average Bonchev–Trinajstić information content (AvgIpc) is 2.39. The van der Waals surface area contributed by atoms with E-state index in [0.29, 0.717) is 5.56 Å². The number of hydrogen-bond acceptors (Lipinski definition) is 2. The van der Waals surface area contributed by atoms with Crippen LogP contribution in [0.4, 0.5) is 4.39 Å². The minimum atomic E-state index is -0.964. The highest BCUT2D eigenvalue weighted by Crippen LogP contribution is 2.41. The molecule has 2 nitrogen and oxygen atoms in total. The Morgan fingerprint density at radius 3 is 2.56 bits per heavy atom. The van der Waals surface area contributed by atoms with E-state index in [9.17, 15) is 9.50 Å². The molecular weight excluding hydrogens is 229 g/mol. The molecule has 2 rings (SSSR count). The predicted molar refractivity (Wildman–Crippen MR) is 69.5 cm³/mol. The van der Waals surface area contributed by atoms with Gasteiger partial charge in [-0.25, -0.2) is 4.39 Å². The van der Waals surface area contributed by atoms with Crippen LogP contribution in [0.5, 0.6) is 0 Å². The van der Waals surface area contributed by atoms with E-state index in [-0.39, 0.29) is 11.7 Å². The number of pyridine rings is 1. The van der Waals surface area contributed by atoms with Gasteiger partial charge in [0.1, 0.15) is 5.82 Å². The lowest BCUT2D eigenvalue weighted by atomic mass is 9.71. The SMILES string of the molecule is CCC1CCC(C(C)(O)c2cncc(F)c2)CC1. The summed E-state index contributed by atoms with van der Waals surface area (Å²) in [5, 5.41) is 10.7. The van der Waals surface area contributed by atoms with Crippen molar-refractivity contribution in [2.75, 3.05) is 0 Å². The van der Waals surface area contributed by atoms with E-state index in [1.807, 2.05) is 0 Å². The maximum atomic E-state index is 13.2. The van der Waals surface area contributed by atoms with Gasteiger partial charge in [0.2, 0.25) is 0 Å². The van der Waals surface area contributed by atoms with Crippen molar-refractivity contribution in [1.82, 2.24) is 4.98 Å². The van der Waals surface area contributed by atoms with E-state index in [0.717, 1.165) is 18.8 Å². The van der Waals surface area contributed by atoms with Gasteiger partial charge in [0.15, 0.2) is 0 Å². The summed E-state index contributed by atoms with van der Waals surface area (Å²) in [6.07, 6.45) is 8.34. The van der Waals surface area contributed by atoms with E-state index in [4.69, 9.17) is 0 Å². The monoisotopic (exact) mass is 251 g/mol. The number of aromatic nitrogens is 1. The third-order valence-corrected chi connectivity index (χ3v) is 4.51. The quantitative estimate of drug-likeness (QED) is 0.889. The molecule has 1 aliphatic rings. The Morgan fingerprint density at radius 1 is 1.33 bits per heavy atom. The van der Waals surface area contributed by atoms with Gasteiger partial charge in [-0.05, 0) is 37.7 Å². The van der Waals surface area contributed by atoms with Gasteiger partial charge in [-0.3, -0.25) is 4.98 Å². The number of halogens is 1. The van der Waals surface area contributed by atoms with Crippen LogP contribution in [0.3, 0.4) is 0 Å². The smallest absolute Gasteiger partial charge is 0.141 e. The maximum absolute atomic E-state index is 13.2. The van der Waals surface area contributed by atoms with Gasteiger partial charge < -0.3 is 5.11 Å². The highest BCUT2D eigenvalue weighted by atomic mass is 19.1. The van der Waals surface area contributed by atoms with Crippen molar-refractivity contribution in [3.63, 3.8) is 0 Å². The molecule has 0 bridgehead atoms. The fourth-order valence-corrected chi connectivity index (χ4v) is 3.06. The van der Waals surface area contributed by atoms with Crippen molar-refractivity contribution >= 4 is 0 Å². The number of hydrogen-bond donors (Lipinski definition) is 1. The largest absolute Gasteiger partial charge is 0.385 e. The van der Waals surface area contributed by atoms with Crippen LogP contribution in [0.1, 0.15) is 51.5 Å². The van der Waals surface area contributed by atoms with Gasteiger partial charge in [0.05, 0.1) is 11.8 Å². The fourth-order valence-electron chi connectivity index (χ4n) is 3.06. The second-order valence-corrected chi connectivity index (χ2v) is 5.67. The van der Waals surface area contributed by atoms with Gasteiger partial charge in [-0.2, -0.15) is 0 Å². The van der Waals surface area contributed by atoms with Crippen molar-refractivity contribution < 1.29 is 9.50 Å². The molecule has 0 saturated heterocycles. The molecule has 1 fully saturated rings. The molecule has 0 aromatic carbocycles. The molecule has 1 N–H and O–H groups in total. The van der Waals surface area contributed by atoms with Crippen LogP contribution in [-0.2, 0) is 5.60 Å². The first kappa shape index (κ1) is 13.5. The maximum Gasteiger partial charge on any atom is 0.141 e. The molecule has 0 radical (unpaired) electrons. The lowest BCUT2D eigenvalue weighted by Crippen LogP contribution is -2.34. The summed E-state index contributed by atoms with van der Waals surface area (Å²) in [6.45, 7) is 4.01. The second-order valence-electron chi connectivity index (χ2n) is 5.67. The Bertz CT molecular complexity index is 397. The molecule has 1 atom stereocenters. The predicted octanol–water partition coefficient (Wildman–Crippen LogP) is 3.64. The first-order chi connectivity index (χ1) is 8.54. The van der Waals surface area contributed by atoms with Crippen molar-refractivity contribution in [1.29, 1.82) is 0 Å². The molecule has 1 heterocycles. The van der Waals surface area contributed by atoms with Gasteiger partial charge in [-0.1, -0.05) is 26.2 Å². The van der Waals surface area contributed by atoms with Crippen LogP contribution in [0.15, 0.2) is 18.5 Å². The molecule has 0 amide bonds. The van der Waals surface area contributed by atoms with Crippen LogP contribution < -0.4 is 0 Å². The molecule has 1 unspecified atom stereocenters. The molecular formula is C15H22FNO. The Morgan fingerprint density at radius 2 is 2.00 bits per heavy atom. The van der Waals surface area contributed by atoms with Crippen LogP contribution in [0.25, 0.3) is 0 Å². The standard InChI is InChI=1S/C15H22FNO/c1-3-11-4-6-12(7-5-11)15(2,18)13-8-14(16)10-17-9-13/h8-12,18H,3-7H2,1-2H3. The zero-order chi connectivity index (χ0) is 13.2. The normalized spacial score (nSPS) is 27.8. The van der Waals surface area contributed by atoms with Crippen molar-refractivity contribution in [2.45, 2.75) is 51.6 Å². The molecule has 1 aliphatic carbocycles. The molecule has 100 valence electrons. The average molecular weight is 251 g/mol. The van der Waals surface area contributed by atoms with Crippen molar-refractivity contribution in [3.05, 3.63) is 29.8 Å². The van der Waals surface area contributed by atoms with Gasteiger partial charge in [-0.15, -0.1) is 0 Å². The number of nitrogens with zero attached hydrogens (tertiary/aromatic N) is 1. The lowest BCUT2D eigenvalue weighted by molar-refractivity contribution is -0.0281. The van der Waals surface area contributed by atoms with Crippen LogP contribution in [0, 0.1) is 17.7 Å². The molecule has 0 aliphatic heterocycles. The summed E-state index contributed by atoms with van der Waals surface area (Å²) >= 11 is 0. The van der Waals surface area contributed by atoms with E-state index >= 15 is 0 Å². The Kier molecular flexibility index (Phi) is 4.00. The van der Waals surface area contributed by atoms with Crippen LogP contribution in [-0.4, -0.2) is 10.1 Å². The molecule has 3 heteroatoms. The van der Waals surface area contributed by atoms with E-state index < -0.39 is 5.60 Å². The Balaban J connectivity index is 2.11. The highest BCUT2D eigenvalue weighted by molar-refractivity contribution is 5.19. The van der Waals surface area contributed by atoms with Gasteiger partial charge in [0.25, 0.3) is 0 Å². The summed E-state index contributed by atoms with van der Waals surface area (Å²) in [4.78, 5) is 3.84. The van der Waals surface area contributed by atoms with Crippen LogP contribution in [0.2, 0.25) is 0 Å².